The first-order valence-electron chi connectivity index (χ1n) is 17.8. The van der Waals surface area contributed by atoms with E-state index in [0.717, 1.165) is 56.8 Å². The van der Waals surface area contributed by atoms with E-state index in [-0.39, 0.29) is 5.97 Å². The molecule has 0 fully saturated rings. The predicted octanol–water partition coefficient (Wildman–Crippen LogP) is 10.7. The Bertz CT molecular complexity index is 528. The molecule has 40 heavy (non-hydrogen) atoms. The number of esters is 1. The first-order chi connectivity index (χ1) is 19.6. The van der Waals surface area contributed by atoms with Crippen LogP contribution in [0.15, 0.2) is 0 Å². The molecule has 0 saturated heterocycles. The zero-order valence-corrected chi connectivity index (χ0v) is 27.7. The molecule has 0 rings (SSSR count). The lowest BCUT2D eigenvalue weighted by atomic mass is 9.90. The van der Waals surface area contributed by atoms with Gasteiger partial charge in [-0.1, -0.05) is 136 Å². The van der Waals surface area contributed by atoms with E-state index in [2.05, 4.69) is 32.7 Å². The molecule has 0 spiro atoms. The summed E-state index contributed by atoms with van der Waals surface area (Å²) in [7, 11) is 2.23. The molecule has 0 aromatic heterocycles. The molecule has 1 atom stereocenters. The number of carbonyl (C=O) groups excluding carboxylic acids is 2. The van der Waals surface area contributed by atoms with E-state index >= 15 is 0 Å². The van der Waals surface area contributed by atoms with E-state index in [4.69, 9.17) is 4.74 Å². The lowest BCUT2D eigenvalue weighted by molar-refractivity contribution is -0.144. The Kier molecular flexibility index (Phi) is 30.3. The molecule has 4 heteroatoms. The quantitative estimate of drug-likeness (QED) is 0.0462. The predicted molar refractivity (Wildman–Crippen MR) is 174 cm³/mol. The van der Waals surface area contributed by atoms with Crippen molar-refractivity contribution < 1.29 is 14.3 Å². The normalized spacial score (nSPS) is 12.3. The van der Waals surface area contributed by atoms with E-state index in [1.807, 2.05) is 0 Å². The summed E-state index contributed by atoms with van der Waals surface area (Å²) in [5.41, 5.74) is 0. The van der Waals surface area contributed by atoms with Gasteiger partial charge in [-0.05, 0) is 64.1 Å². The average molecular weight is 566 g/mol. The van der Waals surface area contributed by atoms with Gasteiger partial charge < -0.3 is 14.4 Å². The van der Waals surface area contributed by atoms with Crippen molar-refractivity contribution in [2.75, 3.05) is 26.7 Å². The van der Waals surface area contributed by atoms with Gasteiger partial charge in [0.15, 0.2) is 0 Å². The van der Waals surface area contributed by atoms with Gasteiger partial charge in [-0.2, -0.15) is 0 Å². The second-order valence-electron chi connectivity index (χ2n) is 12.6. The Balaban J connectivity index is 4.02. The van der Waals surface area contributed by atoms with Gasteiger partial charge in [-0.25, -0.2) is 0 Å². The van der Waals surface area contributed by atoms with Crippen molar-refractivity contribution in [1.29, 1.82) is 0 Å². The second kappa shape index (κ2) is 31.0. The van der Waals surface area contributed by atoms with Crippen molar-refractivity contribution >= 4 is 12.3 Å². The fraction of sp³-hybridized carbons (Fsp3) is 0.944. The molecular formula is C36H71NO3. The topological polar surface area (TPSA) is 46.6 Å². The van der Waals surface area contributed by atoms with Gasteiger partial charge >= 0.3 is 5.97 Å². The number of nitrogens with zero attached hydrogens (tertiary/aromatic N) is 1. The highest BCUT2D eigenvalue weighted by Crippen LogP contribution is 2.24. The first kappa shape index (κ1) is 39.1. The molecule has 0 radical (unpaired) electrons. The summed E-state index contributed by atoms with van der Waals surface area (Å²) < 4.78 is 5.62. The van der Waals surface area contributed by atoms with Crippen LogP contribution in [0.4, 0.5) is 0 Å². The van der Waals surface area contributed by atoms with Gasteiger partial charge in [0.05, 0.1) is 6.61 Å². The molecule has 0 amide bonds. The number of carbonyl (C=O) groups is 2. The SMILES string of the molecule is CCCCCC(CCCCC)CCOC(=O)CCCCCCCC(CCCCCCCC=O)CCCN(C)CC. The third-order valence-corrected chi connectivity index (χ3v) is 8.84. The smallest absolute Gasteiger partial charge is 0.305 e. The highest BCUT2D eigenvalue weighted by atomic mass is 16.5. The van der Waals surface area contributed by atoms with Gasteiger partial charge in [0.1, 0.15) is 6.29 Å². The van der Waals surface area contributed by atoms with E-state index in [1.54, 1.807) is 0 Å². The van der Waals surface area contributed by atoms with Crippen LogP contribution in [-0.2, 0) is 14.3 Å². The summed E-state index contributed by atoms with van der Waals surface area (Å²) in [4.78, 5) is 25.1. The average Bonchev–Trinajstić information content (AvgIpc) is 2.95. The Labute approximate surface area is 251 Å². The molecule has 0 aromatic rings. The maximum Gasteiger partial charge on any atom is 0.305 e. The van der Waals surface area contributed by atoms with E-state index in [0.29, 0.717) is 13.0 Å². The van der Waals surface area contributed by atoms with Gasteiger partial charge in [0.2, 0.25) is 0 Å². The molecule has 238 valence electrons. The van der Waals surface area contributed by atoms with Crippen LogP contribution in [0, 0.1) is 11.8 Å². The van der Waals surface area contributed by atoms with Crippen molar-refractivity contribution in [3.05, 3.63) is 0 Å². The maximum atomic E-state index is 12.3. The highest BCUT2D eigenvalue weighted by Gasteiger charge is 2.12. The fourth-order valence-corrected chi connectivity index (χ4v) is 5.88. The van der Waals surface area contributed by atoms with Crippen molar-refractivity contribution in [3.8, 4) is 0 Å². The minimum absolute atomic E-state index is 0.0177. The van der Waals surface area contributed by atoms with Gasteiger partial charge in [-0.3, -0.25) is 4.79 Å². The molecule has 0 aliphatic carbocycles. The van der Waals surface area contributed by atoms with Crippen LogP contribution in [0.2, 0.25) is 0 Å². The molecule has 0 N–H and O–H groups in total. The summed E-state index contributed by atoms with van der Waals surface area (Å²) in [6.07, 6.45) is 31.5. The fourth-order valence-electron chi connectivity index (χ4n) is 5.88. The lowest BCUT2D eigenvalue weighted by Gasteiger charge is -2.19. The monoisotopic (exact) mass is 566 g/mol. The minimum Gasteiger partial charge on any atom is -0.466 e. The molecule has 0 aliphatic heterocycles. The van der Waals surface area contributed by atoms with Crippen LogP contribution in [0.25, 0.3) is 0 Å². The van der Waals surface area contributed by atoms with Gasteiger partial charge in [0.25, 0.3) is 0 Å². The molecule has 0 bridgehead atoms. The molecule has 4 nitrogen and oxygen atoms in total. The largest absolute Gasteiger partial charge is 0.466 e. The zero-order chi connectivity index (χ0) is 29.5. The molecular weight excluding hydrogens is 494 g/mol. The van der Waals surface area contributed by atoms with Crippen LogP contribution in [-0.4, -0.2) is 43.9 Å². The number of unbranched alkanes of at least 4 members (excludes halogenated alkanes) is 13. The molecule has 0 saturated carbocycles. The van der Waals surface area contributed by atoms with Crippen LogP contribution in [0.5, 0.6) is 0 Å². The minimum atomic E-state index is 0.0177. The van der Waals surface area contributed by atoms with Crippen molar-refractivity contribution in [2.45, 2.75) is 181 Å². The van der Waals surface area contributed by atoms with Crippen molar-refractivity contribution in [3.63, 3.8) is 0 Å². The first-order valence-corrected chi connectivity index (χ1v) is 17.8. The van der Waals surface area contributed by atoms with Gasteiger partial charge in [-0.15, -0.1) is 0 Å². The number of hydrogen-bond acceptors (Lipinski definition) is 4. The third kappa shape index (κ3) is 27.3. The number of aldehydes is 1. The van der Waals surface area contributed by atoms with Crippen molar-refractivity contribution in [1.82, 2.24) is 4.90 Å². The molecule has 0 aliphatic rings. The van der Waals surface area contributed by atoms with Crippen LogP contribution in [0.1, 0.15) is 181 Å². The Morgan fingerprint density at radius 2 is 1.10 bits per heavy atom. The summed E-state index contributed by atoms with van der Waals surface area (Å²) >= 11 is 0. The summed E-state index contributed by atoms with van der Waals surface area (Å²) in [6.45, 7) is 9.75. The lowest BCUT2D eigenvalue weighted by Crippen LogP contribution is -2.19. The number of ether oxygens (including phenoxy) is 1. The van der Waals surface area contributed by atoms with E-state index in [1.165, 1.54) is 129 Å². The van der Waals surface area contributed by atoms with Crippen LogP contribution < -0.4 is 0 Å². The Morgan fingerprint density at radius 3 is 1.65 bits per heavy atom. The molecule has 0 aromatic carbocycles. The zero-order valence-electron chi connectivity index (χ0n) is 27.7. The standard InChI is InChI=1S/C36H71NO3/c1-5-8-17-24-35(25-18-9-6-2)30-33-40-36(39)29-21-15-12-14-20-27-34(28-23-31-37(4)7-3)26-19-13-10-11-16-22-32-38/h32,34-35H,5-31,33H2,1-4H3. The van der Waals surface area contributed by atoms with E-state index < -0.39 is 0 Å². The number of rotatable bonds is 32. The third-order valence-electron chi connectivity index (χ3n) is 8.84. The number of hydrogen-bond donors (Lipinski definition) is 0. The summed E-state index contributed by atoms with van der Waals surface area (Å²) in [5.74, 6) is 1.61. The second-order valence-corrected chi connectivity index (χ2v) is 12.6. The maximum absolute atomic E-state index is 12.3. The van der Waals surface area contributed by atoms with E-state index in [9.17, 15) is 9.59 Å². The summed E-state index contributed by atoms with van der Waals surface area (Å²) in [6, 6.07) is 0. The Hall–Kier alpha value is -0.900. The van der Waals surface area contributed by atoms with Crippen LogP contribution in [0.3, 0.4) is 0 Å². The van der Waals surface area contributed by atoms with Crippen LogP contribution >= 0.6 is 0 Å². The van der Waals surface area contributed by atoms with Crippen molar-refractivity contribution in [2.24, 2.45) is 11.8 Å². The Morgan fingerprint density at radius 1 is 0.625 bits per heavy atom. The molecule has 1 unspecified atom stereocenters. The van der Waals surface area contributed by atoms with Gasteiger partial charge in [0, 0.05) is 12.8 Å². The summed E-state index contributed by atoms with van der Waals surface area (Å²) in [5, 5.41) is 0. The highest BCUT2D eigenvalue weighted by molar-refractivity contribution is 5.69. The molecule has 0 heterocycles.